The Hall–Kier alpha value is -2.27. The summed E-state index contributed by atoms with van der Waals surface area (Å²) in [7, 11) is 1.59. The van der Waals surface area contributed by atoms with E-state index in [1.165, 1.54) is 0 Å². The largest absolute Gasteiger partial charge is 0.497 e. The van der Waals surface area contributed by atoms with Gasteiger partial charge in [-0.1, -0.05) is 12.1 Å². The van der Waals surface area contributed by atoms with E-state index in [0.717, 1.165) is 15.4 Å². The number of methoxy groups -OCH3 is 1. The molecule has 0 radical (unpaired) electrons. The average Bonchev–Trinajstić information content (AvgIpc) is 2.97. The van der Waals surface area contributed by atoms with Crippen LogP contribution in [0, 0.1) is 0 Å². The number of halogens is 1. The molecule has 0 bridgehead atoms. The van der Waals surface area contributed by atoms with E-state index < -0.39 is 0 Å². The number of hydrogen-bond acceptors (Lipinski definition) is 2. The molecule has 0 unspecified atom stereocenters. The molecule has 0 aliphatic rings. The molecule has 5 heteroatoms. The number of carbonyl (C=O) groups excluding carboxylic acids is 1. The van der Waals surface area contributed by atoms with Crippen LogP contribution in [0.1, 0.15) is 10.4 Å². The number of nitrogens with one attached hydrogen (secondary N) is 2. The number of rotatable bonds is 3. The van der Waals surface area contributed by atoms with Gasteiger partial charge < -0.3 is 15.0 Å². The maximum Gasteiger partial charge on any atom is 0.257 e. The molecule has 1 heterocycles. The Morgan fingerprint density at radius 3 is 2.90 bits per heavy atom. The molecule has 3 rings (SSSR count). The van der Waals surface area contributed by atoms with Crippen molar-refractivity contribution < 1.29 is 9.53 Å². The summed E-state index contributed by atoms with van der Waals surface area (Å²) in [6.07, 6.45) is 1.82. The number of ether oxygens (including phenoxy) is 1. The lowest BCUT2D eigenvalue weighted by molar-refractivity contribution is 0.102. The molecule has 3 aromatic rings. The van der Waals surface area contributed by atoms with Gasteiger partial charge in [-0.25, -0.2) is 0 Å². The van der Waals surface area contributed by atoms with Crippen LogP contribution in [0.4, 0.5) is 5.69 Å². The fraction of sp³-hybridized carbons (Fsp3) is 0.0625. The van der Waals surface area contributed by atoms with Crippen molar-refractivity contribution in [2.24, 2.45) is 0 Å². The first-order chi connectivity index (χ1) is 10.2. The Morgan fingerprint density at radius 1 is 1.24 bits per heavy atom. The van der Waals surface area contributed by atoms with E-state index in [2.05, 4.69) is 26.2 Å². The van der Waals surface area contributed by atoms with Crippen LogP contribution in [0.2, 0.25) is 0 Å². The van der Waals surface area contributed by atoms with Crippen LogP contribution in [0.5, 0.6) is 5.75 Å². The van der Waals surface area contributed by atoms with E-state index in [0.29, 0.717) is 17.0 Å². The van der Waals surface area contributed by atoms with E-state index in [-0.39, 0.29) is 5.91 Å². The van der Waals surface area contributed by atoms with Crippen molar-refractivity contribution in [1.82, 2.24) is 4.98 Å². The van der Waals surface area contributed by atoms with Gasteiger partial charge in [-0.05, 0) is 40.2 Å². The third-order valence-corrected chi connectivity index (χ3v) is 3.95. The maximum atomic E-state index is 12.5. The smallest absolute Gasteiger partial charge is 0.257 e. The second-order valence-electron chi connectivity index (χ2n) is 4.55. The highest BCUT2D eigenvalue weighted by Gasteiger charge is 2.12. The molecule has 0 atom stereocenters. The number of aromatic nitrogens is 1. The van der Waals surface area contributed by atoms with Gasteiger partial charge in [-0.3, -0.25) is 4.79 Å². The van der Waals surface area contributed by atoms with Gasteiger partial charge in [0.25, 0.3) is 5.91 Å². The number of amides is 1. The lowest BCUT2D eigenvalue weighted by Gasteiger charge is -2.10. The minimum atomic E-state index is -0.169. The third kappa shape index (κ3) is 2.64. The predicted octanol–water partition coefficient (Wildman–Crippen LogP) is 4.19. The summed E-state index contributed by atoms with van der Waals surface area (Å²) in [4.78, 5) is 15.6. The minimum absolute atomic E-state index is 0.169. The van der Waals surface area contributed by atoms with E-state index in [1.807, 2.05) is 36.5 Å². The van der Waals surface area contributed by atoms with Gasteiger partial charge in [0.05, 0.1) is 23.9 Å². The summed E-state index contributed by atoms with van der Waals surface area (Å²) in [5, 5.41) is 3.90. The highest BCUT2D eigenvalue weighted by atomic mass is 79.9. The number of aromatic amines is 1. The van der Waals surface area contributed by atoms with Crippen LogP contribution >= 0.6 is 15.9 Å². The van der Waals surface area contributed by atoms with Crippen molar-refractivity contribution in [3.8, 4) is 5.75 Å². The van der Waals surface area contributed by atoms with Crippen LogP contribution in [0.3, 0.4) is 0 Å². The number of H-pyrrole nitrogens is 1. The summed E-state index contributed by atoms with van der Waals surface area (Å²) in [5.41, 5.74) is 2.10. The monoisotopic (exact) mass is 344 g/mol. The zero-order chi connectivity index (χ0) is 14.8. The van der Waals surface area contributed by atoms with Crippen molar-refractivity contribution in [2.45, 2.75) is 0 Å². The number of benzene rings is 2. The molecule has 4 nitrogen and oxygen atoms in total. The summed E-state index contributed by atoms with van der Waals surface area (Å²) in [6.45, 7) is 0. The molecule has 1 aromatic heterocycles. The number of carbonyl (C=O) groups is 1. The Balaban J connectivity index is 1.95. The first-order valence-electron chi connectivity index (χ1n) is 6.40. The summed E-state index contributed by atoms with van der Waals surface area (Å²) >= 11 is 3.42. The Morgan fingerprint density at radius 2 is 2.10 bits per heavy atom. The van der Waals surface area contributed by atoms with E-state index in [4.69, 9.17) is 4.74 Å². The molecule has 0 aliphatic carbocycles. The molecule has 1 amide bonds. The summed E-state index contributed by atoms with van der Waals surface area (Å²) in [6, 6.07) is 13.0. The van der Waals surface area contributed by atoms with Gasteiger partial charge in [0.15, 0.2) is 0 Å². The van der Waals surface area contributed by atoms with Crippen LogP contribution in [0.15, 0.2) is 53.1 Å². The number of hydrogen-bond donors (Lipinski definition) is 2. The van der Waals surface area contributed by atoms with Gasteiger partial charge in [-0.2, -0.15) is 0 Å². The van der Waals surface area contributed by atoms with Crippen LogP contribution in [0.25, 0.3) is 10.9 Å². The normalized spacial score (nSPS) is 10.6. The maximum absolute atomic E-state index is 12.5. The van der Waals surface area contributed by atoms with Crippen molar-refractivity contribution in [3.05, 3.63) is 58.7 Å². The lowest BCUT2D eigenvalue weighted by atomic mass is 10.1. The third-order valence-electron chi connectivity index (χ3n) is 3.25. The zero-order valence-corrected chi connectivity index (χ0v) is 12.9. The van der Waals surface area contributed by atoms with Crippen molar-refractivity contribution >= 4 is 38.4 Å². The Labute approximate surface area is 130 Å². The van der Waals surface area contributed by atoms with Gasteiger partial charge >= 0.3 is 0 Å². The standard InChI is InChI=1S/C16H13BrN2O2/c1-21-11-5-6-13(17)14(9-11)19-16(20)12-4-2-3-10-7-8-18-15(10)12/h2-9,18H,1H3,(H,19,20). The molecule has 106 valence electrons. The molecule has 0 saturated carbocycles. The molecule has 2 aromatic carbocycles. The number of anilines is 1. The second kappa shape index (κ2) is 5.61. The van der Waals surface area contributed by atoms with Crippen molar-refractivity contribution in [3.63, 3.8) is 0 Å². The average molecular weight is 345 g/mol. The lowest BCUT2D eigenvalue weighted by Crippen LogP contribution is -2.12. The molecule has 0 fully saturated rings. The fourth-order valence-corrected chi connectivity index (χ4v) is 2.54. The molecule has 0 spiro atoms. The van der Waals surface area contributed by atoms with Crippen LogP contribution in [-0.4, -0.2) is 18.0 Å². The Bertz CT molecular complexity index is 811. The van der Waals surface area contributed by atoms with Crippen LogP contribution in [-0.2, 0) is 0 Å². The second-order valence-corrected chi connectivity index (χ2v) is 5.40. The molecule has 0 saturated heterocycles. The quantitative estimate of drug-likeness (QED) is 0.748. The first-order valence-corrected chi connectivity index (χ1v) is 7.19. The molecular weight excluding hydrogens is 332 g/mol. The highest BCUT2D eigenvalue weighted by Crippen LogP contribution is 2.28. The van der Waals surface area contributed by atoms with E-state index in [1.54, 1.807) is 19.2 Å². The van der Waals surface area contributed by atoms with E-state index >= 15 is 0 Å². The fourth-order valence-electron chi connectivity index (χ4n) is 2.19. The van der Waals surface area contributed by atoms with Crippen molar-refractivity contribution in [2.75, 3.05) is 12.4 Å². The zero-order valence-electron chi connectivity index (χ0n) is 11.3. The summed E-state index contributed by atoms with van der Waals surface area (Å²) in [5.74, 6) is 0.517. The Kier molecular flexibility index (Phi) is 3.66. The topological polar surface area (TPSA) is 54.1 Å². The highest BCUT2D eigenvalue weighted by molar-refractivity contribution is 9.10. The van der Waals surface area contributed by atoms with Crippen LogP contribution < -0.4 is 10.1 Å². The SMILES string of the molecule is COc1ccc(Br)c(NC(=O)c2cccc3cc[nH]c23)c1. The first kappa shape index (κ1) is 13.7. The molecular formula is C16H13BrN2O2. The predicted molar refractivity (Wildman–Crippen MR) is 86.9 cm³/mol. The van der Waals surface area contributed by atoms with Gasteiger partial charge in [0.2, 0.25) is 0 Å². The van der Waals surface area contributed by atoms with Crippen molar-refractivity contribution in [1.29, 1.82) is 0 Å². The molecule has 21 heavy (non-hydrogen) atoms. The number of para-hydroxylation sites is 1. The summed E-state index contributed by atoms with van der Waals surface area (Å²) < 4.78 is 5.98. The number of fused-ring (bicyclic) bond motifs is 1. The van der Waals surface area contributed by atoms with E-state index in [9.17, 15) is 4.79 Å². The van der Waals surface area contributed by atoms with Gasteiger partial charge in [0.1, 0.15) is 5.75 Å². The molecule has 0 aliphatic heterocycles. The molecule has 2 N–H and O–H groups in total. The minimum Gasteiger partial charge on any atom is -0.497 e. The van der Waals surface area contributed by atoms with Gasteiger partial charge in [0, 0.05) is 22.1 Å². The van der Waals surface area contributed by atoms with Gasteiger partial charge in [-0.15, -0.1) is 0 Å².